The van der Waals surface area contributed by atoms with Crippen LogP contribution in [0.3, 0.4) is 0 Å². The molecule has 3 N–H and O–H groups in total. The quantitative estimate of drug-likeness (QED) is 0.311. The molecule has 0 aliphatic rings. The van der Waals surface area contributed by atoms with Gasteiger partial charge < -0.3 is 15.5 Å². The van der Waals surface area contributed by atoms with Crippen LogP contribution in [0.4, 0.5) is 4.39 Å². The summed E-state index contributed by atoms with van der Waals surface area (Å²) in [6.07, 6.45) is 5.26. The number of carbonyl (C=O) groups excluding carboxylic acids is 1. The molecule has 3 aromatic rings. The summed E-state index contributed by atoms with van der Waals surface area (Å²) in [4.78, 5) is 34.6. The van der Waals surface area contributed by atoms with Gasteiger partial charge >= 0.3 is 11.9 Å². The number of pyridine rings is 1. The fourth-order valence-corrected chi connectivity index (χ4v) is 4.31. The van der Waals surface area contributed by atoms with Crippen LogP contribution in [-0.4, -0.2) is 52.4 Å². The molecule has 35 heavy (non-hydrogen) atoms. The first-order chi connectivity index (χ1) is 16.5. The Morgan fingerprint density at radius 3 is 2.29 bits per heavy atom. The van der Waals surface area contributed by atoms with Gasteiger partial charge in [0.2, 0.25) is 0 Å². The molecule has 0 bridgehead atoms. The number of aliphatic carboxylic acids is 2. The second-order valence-electron chi connectivity index (χ2n) is 6.99. The predicted octanol–water partition coefficient (Wildman–Crippen LogP) is 2.56. The number of carboxylic acid groups (broad SMARTS) is 2. The molecule has 0 saturated heterocycles. The Morgan fingerprint density at radius 1 is 1.11 bits per heavy atom. The Bertz CT molecular complexity index is 1350. The molecule has 0 aliphatic heterocycles. The Labute approximate surface area is 200 Å². The average molecular weight is 504 g/mol. The zero-order valence-corrected chi connectivity index (χ0v) is 19.5. The molecule has 0 saturated carbocycles. The van der Waals surface area contributed by atoms with E-state index in [4.69, 9.17) is 10.2 Å². The third-order valence-corrected chi connectivity index (χ3v) is 6.09. The Morgan fingerprint density at radius 2 is 1.77 bits per heavy atom. The van der Waals surface area contributed by atoms with Gasteiger partial charge in [-0.25, -0.2) is 26.4 Å². The third kappa shape index (κ3) is 6.91. The number of ketones is 1. The van der Waals surface area contributed by atoms with Gasteiger partial charge in [-0.2, -0.15) is 0 Å². The fourth-order valence-electron chi connectivity index (χ4n) is 2.95. The van der Waals surface area contributed by atoms with Gasteiger partial charge in [0, 0.05) is 42.9 Å². The summed E-state index contributed by atoms with van der Waals surface area (Å²) in [6.45, 7) is 1.66. The van der Waals surface area contributed by atoms with E-state index < -0.39 is 33.6 Å². The molecule has 0 spiro atoms. The molecule has 0 unspecified atom stereocenters. The number of nitrogens with zero attached hydrogens (tertiary/aromatic N) is 2. The zero-order valence-electron chi connectivity index (χ0n) is 18.7. The number of hydrogen-bond donors (Lipinski definition) is 3. The lowest BCUT2D eigenvalue weighted by Gasteiger charge is -2.12. The lowest BCUT2D eigenvalue weighted by Crippen LogP contribution is -2.14. The van der Waals surface area contributed by atoms with Crippen molar-refractivity contribution in [2.24, 2.45) is 0 Å². The topological polar surface area (TPSA) is 156 Å². The first-order valence-corrected chi connectivity index (χ1v) is 11.4. The Kier molecular flexibility index (Phi) is 9.14. The van der Waals surface area contributed by atoms with Crippen LogP contribution in [0, 0.1) is 5.82 Å². The van der Waals surface area contributed by atoms with Crippen LogP contribution >= 0.6 is 0 Å². The lowest BCUT2D eigenvalue weighted by atomic mass is 10.0. The van der Waals surface area contributed by atoms with Crippen LogP contribution in [0.25, 0.3) is 11.3 Å². The second-order valence-corrected chi connectivity index (χ2v) is 8.80. The van der Waals surface area contributed by atoms with E-state index in [1.54, 1.807) is 13.1 Å². The molecule has 0 atom stereocenters. The SMILES string of the molecule is CNCc1cc(-c2cccc(C(C)=O)c2F)n(S(=O)(=O)c2cccnc2)c1.O=C(O)C=CC(=O)O. The van der Waals surface area contributed by atoms with Crippen molar-refractivity contribution in [1.82, 2.24) is 14.3 Å². The summed E-state index contributed by atoms with van der Waals surface area (Å²) in [6, 6.07) is 8.88. The number of aromatic nitrogens is 2. The molecule has 0 aliphatic carbocycles. The standard InChI is InChI=1S/C19H18FN3O3S.C4H4O4/c1-13(24)16-6-3-7-17(19(16)20)18-9-14(10-21-2)12-23(18)27(25,26)15-5-4-8-22-11-15;5-3(6)1-2-4(7)8/h3-9,11-12,21H,10H2,1-2H3;1-2H,(H,5,6)(H,7,8). The summed E-state index contributed by atoms with van der Waals surface area (Å²) >= 11 is 0. The Balaban J connectivity index is 0.000000466. The van der Waals surface area contributed by atoms with Crippen molar-refractivity contribution in [3.8, 4) is 11.3 Å². The van der Waals surface area contributed by atoms with Crippen molar-refractivity contribution in [3.05, 3.63) is 84.1 Å². The first kappa shape index (κ1) is 27.1. The van der Waals surface area contributed by atoms with Crippen LogP contribution in [0.15, 0.2) is 72.0 Å². The summed E-state index contributed by atoms with van der Waals surface area (Å²) in [5.74, 6) is -3.69. The van der Waals surface area contributed by atoms with E-state index in [1.165, 1.54) is 55.8 Å². The van der Waals surface area contributed by atoms with E-state index in [-0.39, 0.29) is 21.7 Å². The van der Waals surface area contributed by atoms with Crippen LogP contribution in [-0.2, 0) is 26.2 Å². The molecule has 10 nitrogen and oxygen atoms in total. The maximum Gasteiger partial charge on any atom is 0.328 e. The molecule has 0 amide bonds. The molecule has 0 radical (unpaired) electrons. The second kappa shape index (κ2) is 11.8. The fraction of sp³-hybridized carbons (Fsp3) is 0.130. The highest BCUT2D eigenvalue weighted by Crippen LogP contribution is 2.30. The van der Waals surface area contributed by atoms with E-state index in [1.807, 2.05) is 0 Å². The van der Waals surface area contributed by atoms with E-state index >= 15 is 0 Å². The van der Waals surface area contributed by atoms with Gasteiger partial charge in [-0.1, -0.05) is 6.07 Å². The predicted molar refractivity (Wildman–Crippen MR) is 124 cm³/mol. The summed E-state index contributed by atoms with van der Waals surface area (Å²) in [7, 11) is -2.26. The van der Waals surface area contributed by atoms with Gasteiger partial charge in [0.25, 0.3) is 10.0 Å². The monoisotopic (exact) mass is 503 g/mol. The van der Waals surface area contributed by atoms with Crippen LogP contribution in [0.5, 0.6) is 0 Å². The van der Waals surface area contributed by atoms with E-state index in [9.17, 15) is 27.2 Å². The number of Topliss-reactive ketones (excluding diaryl/α,β-unsaturated/α-hetero) is 1. The minimum Gasteiger partial charge on any atom is -0.478 e. The van der Waals surface area contributed by atoms with Gasteiger partial charge in [0.05, 0.1) is 11.3 Å². The van der Waals surface area contributed by atoms with E-state index in [2.05, 4.69) is 10.3 Å². The zero-order chi connectivity index (χ0) is 26.2. The van der Waals surface area contributed by atoms with Crippen LogP contribution in [0.1, 0.15) is 22.8 Å². The van der Waals surface area contributed by atoms with Crippen molar-refractivity contribution in [2.75, 3.05) is 7.05 Å². The smallest absolute Gasteiger partial charge is 0.328 e. The summed E-state index contributed by atoms with van der Waals surface area (Å²) in [5.41, 5.74) is 0.754. The number of nitrogens with one attached hydrogen (secondary N) is 1. The van der Waals surface area contributed by atoms with Gasteiger partial charge in [-0.05, 0) is 49.9 Å². The number of carboxylic acids is 2. The summed E-state index contributed by atoms with van der Waals surface area (Å²) < 4.78 is 42.1. The highest BCUT2D eigenvalue weighted by molar-refractivity contribution is 7.90. The van der Waals surface area contributed by atoms with E-state index in [0.717, 1.165) is 3.97 Å². The van der Waals surface area contributed by atoms with Crippen molar-refractivity contribution < 1.29 is 37.4 Å². The molecule has 12 heteroatoms. The van der Waals surface area contributed by atoms with Crippen molar-refractivity contribution >= 4 is 27.7 Å². The number of benzene rings is 1. The molecular weight excluding hydrogens is 481 g/mol. The molecule has 2 aromatic heterocycles. The lowest BCUT2D eigenvalue weighted by molar-refractivity contribution is -0.134. The molecular formula is C23H22FN3O7S. The highest BCUT2D eigenvalue weighted by Gasteiger charge is 2.24. The minimum atomic E-state index is -3.99. The van der Waals surface area contributed by atoms with Crippen LogP contribution < -0.4 is 5.32 Å². The number of rotatable bonds is 8. The normalized spacial score (nSPS) is 11.1. The van der Waals surface area contributed by atoms with E-state index in [0.29, 0.717) is 24.3 Å². The number of halogens is 1. The van der Waals surface area contributed by atoms with Crippen molar-refractivity contribution in [1.29, 1.82) is 0 Å². The highest BCUT2D eigenvalue weighted by atomic mass is 32.2. The minimum absolute atomic E-state index is 0.0130. The van der Waals surface area contributed by atoms with Gasteiger partial charge in [-0.3, -0.25) is 9.78 Å². The molecule has 1 aromatic carbocycles. The summed E-state index contributed by atoms with van der Waals surface area (Å²) in [5, 5.41) is 18.6. The largest absolute Gasteiger partial charge is 0.478 e. The third-order valence-electron chi connectivity index (χ3n) is 4.44. The molecule has 0 fully saturated rings. The molecule has 2 heterocycles. The maximum absolute atomic E-state index is 14.9. The molecule has 3 rings (SSSR count). The Hall–Kier alpha value is -4.16. The van der Waals surface area contributed by atoms with Gasteiger partial charge in [-0.15, -0.1) is 0 Å². The van der Waals surface area contributed by atoms with Crippen molar-refractivity contribution in [3.63, 3.8) is 0 Å². The van der Waals surface area contributed by atoms with Crippen LogP contribution in [0.2, 0.25) is 0 Å². The van der Waals surface area contributed by atoms with Gasteiger partial charge in [0.15, 0.2) is 5.78 Å². The maximum atomic E-state index is 14.9. The van der Waals surface area contributed by atoms with Gasteiger partial charge in [0.1, 0.15) is 10.7 Å². The number of carbonyl (C=O) groups is 3. The van der Waals surface area contributed by atoms with Crippen molar-refractivity contribution in [2.45, 2.75) is 18.4 Å². The first-order valence-electron chi connectivity index (χ1n) is 9.94. The molecule has 184 valence electrons. The average Bonchev–Trinajstić information content (AvgIpc) is 3.23. The number of hydrogen-bond acceptors (Lipinski definition) is 7.